The summed E-state index contributed by atoms with van der Waals surface area (Å²) in [6.07, 6.45) is 3.82. The van der Waals surface area contributed by atoms with Gasteiger partial charge in [0, 0.05) is 50.2 Å². The number of halogens is 2. The van der Waals surface area contributed by atoms with Crippen LogP contribution in [0.3, 0.4) is 0 Å². The molecule has 22 heavy (non-hydrogen) atoms. The summed E-state index contributed by atoms with van der Waals surface area (Å²) in [4.78, 5) is 14.0. The molecule has 124 valence electrons. The van der Waals surface area contributed by atoms with Crippen LogP contribution in [-0.2, 0) is 17.9 Å². The first kappa shape index (κ1) is 16.9. The van der Waals surface area contributed by atoms with E-state index in [1.54, 1.807) is 10.9 Å². The Morgan fingerprint density at radius 1 is 1.59 bits per heavy atom. The molecule has 1 aromatic rings. The number of hydrogen-bond donors (Lipinski definition) is 1. The lowest BCUT2D eigenvalue weighted by molar-refractivity contribution is -0.143. The summed E-state index contributed by atoms with van der Waals surface area (Å²) in [5, 5.41) is 13.3. The van der Waals surface area contributed by atoms with Gasteiger partial charge < -0.3 is 10.0 Å². The lowest BCUT2D eigenvalue weighted by atomic mass is 9.85. The highest BCUT2D eigenvalue weighted by Gasteiger charge is 2.40. The minimum Gasteiger partial charge on any atom is -0.395 e. The van der Waals surface area contributed by atoms with Gasteiger partial charge in [-0.25, -0.2) is 8.78 Å². The van der Waals surface area contributed by atoms with Crippen LogP contribution < -0.4 is 0 Å². The molecule has 1 saturated carbocycles. The third-order valence-corrected chi connectivity index (χ3v) is 4.06. The number of aliphatic hydroxyl groups is 1. The Balaban J connectivity index is 2.04. The molecule has 0 spiro atoms. The van der Waals surface area contributed by atoms with E-state index >= 15 is 0 Å². The quantitative estimate of drug-likeness (QED) is 0.874. The average Bonchev–Trinajstić information content (AvgIpc) is 2.93. The number of carbonyl (C=O) groups excluding carboxylic acids is 1. The van der Waals surface area contributed by atoms with Gasteiger partial charge in [0.05, 0.1) is 12.8 Å². The molecule has 0 saturated heterocycles. The van der Waals surface area contributed by atoms with Gasteiger partial charge in [-0.2, -0.15) is 5.10 Å². The predicted molar refractivity (Wildman–Crippen MR) is 77.3 cm³/mol. The molecule has 1 aromatic heterocycles. The molecule has 1 heterocycles. The largest absolute Gasteiger partial charge is 0.395 e. The number of aromatic nitrogens is 2. The molecule has 0 radical (unpaired) electrons. The van der Waals surface area contributed by atoms with Crippen molar-refractivity contribution >= 4 is 5.91 Å². The number of amides is 1. The lowest BCUT2D eigenvalue weighted by Crippen LogP contribution is -2.41. The van der Waals surface area contributed by atoms with Crippen molar-refractivity contribution in [3.05, 3.63) is 18.0 Å². The van der Waals surface area contributed by atoms with Crippen molar-refractivity contribution in [3.63, 3.8) is 0 Å². The number of rotatable bonds is 6. The third kappa shape index (κ3) is 4.25. The molecule has 0 bridgehead atoms. The smallest absolute Gasteiger partial charge is 0.248 e. The third-order valence-electron chi connectivity index (χ3n) is 4.06. The molecular formula is C15H23F2N3O2. The Morgan fingerprint density at radius 3 is 2.95 bits per heavy atom. The van der Waals surface area contributed by atoms with Gasteiger partial charge in [0.2, 0.25) is 11.8 Å². The zero-order valence-corrected chi connectivity index (χ0v) is 12.8. The van der Waals surface area contributed by atoms with Crippen LogP contribution in [0.15, 0.2) is 12.4 Å². The van der Waals surface area contributed by atoms with Crippen molar-refractivity contribution in [1.82, 2.24) is 14.7 Å². The Labute approximate surface area is 128 Å². The molecule has 1 N–H and O–H groups in total. The first-order valence-corrected chi connectivity index (χ1v) is 7.74. The molecule has 1 fully saturated rings. The molecule has 0 aromatic carbocycles. The summed E-state index contributed by atoms with van der Waals surface area (Å²) in [6, 6.07) is 0. The zero-order valence-electron chi connectivity index (χ0n) is 12.8. The minimum atomic E-state index is -2.75. The van der Waals surface area contributed by atoms with Crippen LogP contribution in [0, 0.1) is 5.92 Å². The number of carbonyl (C=O) groups is 1. The van der Waals surface area contributed by atoms with Gasteiger partial charge in [0.15, 0.2) is 0 Å². The van der Waals surface area contributed by atoms with Crippen LogP contribution in [-0.4, -0.2) is 44.8 Å². The normalized spacial score (nSPS) is 20.8. The Morgan fingerprint density at radius 2 is 2.36 bits per heavy atom. The zero-order chi connectivity index (χ0) is 16.2. The van der Waals surface area contributed by atoms with Gasteiger partial charge >= 0.3 is 0 Å². The highest BCUT2D eigenvalue weighted by molar-refractivity contribution is 5.79. The standard InChI is InChI=1S/C15H23F2N3O2/c1-2-20-11-12(9-18-20)10-19(6-7-21)14(22)13-4-3-5-15(16,17)8-13/h9,11,13,21H,2-8,10H2,1H3. The number of hydrogen-bond acceptors (Lipinski definition) is 3. The van der Waals surface area contributed by atoms with E-state index in [-0.39, 0.29) is 31.9 Å². The maximum atomic E-state index is 13.5. The maximum absolute atomic E-state index is 13.5. The van der Waals surface area contributed by atoms with E-state index in [9.17, 15) is 13.6 Å². The van der Waals surface area contributed by atoms with Crippen LogP contribution in [0.2, 0.25) is 0 Å². The fourth-order valence-electron chi connectivity index (χ4n) is 2.91. The van der Waals surface area contributed by atoms with Gasteiger partial charge in [-0.3, -0.25) is 9.48 Å². The van der Waals surface area contributed by atoms with E-state index in [0.29, 0.717) is 19.4 Å². The van der Waals surface area contributed by atoms with Crippen molar-refractivity contribution in [2.24, 2.45) is 5.92 Å². The lowest BCUT2D eigenvalue weighted by Gasteiger charge is -2.32. The fraction of sp³-hybridized carbons (Fsp3) is 0.733. The second-order valence-electron chi connectivity index (χ2n) is 5.84. The SMILES string of the molecule is CCn1cc(CN(CCO)C(=O)C2CCCC(F)(F)C2)cn1. The van der Waals surface area contributed by atoms with Crippen LogP contribution in [0.4, 0.5) is 8.78 Å². The van der Waals surface area contributed by atoms with E-state index in [1.165, 1.54) is 4.90 Å². The van der Waals surface area contributed by atoms with E-state index in [0.717, 1.165) is 12.1 Å². The molecule has 7 heteroatoms. The van der Waals surface area contributed by atoms with Gasteiger partial charge in [0.1, 0.15) is 0 Å². The van der Waals surface area contributed by atoms with Crippen LogP contribution in [0.25, 0.3) is 0 Å². The maximum Gasteiger partial charge on any atom is 0.248 e. The van der Waals surface area contributed by atoms with Gasteiger partial charge in [0.25, 0.3) is 0 Å². The Bertz CT molecular complexity index is 505. The molecule has 0 aliphatic heterocycles. The fourth-order valence-corrected chi connectivity index (χ4v) is 2.91. The summed E-state index contributed by atoms with van der Waals surface area (Å²) in [5.74, 6) is -3.70. The van der Waals surface area contributed by atoms with E-state index < -0.39 is 11.8 Å². The van der Waals surface area contributed by atoms with Crippen LogP contribution in [0.1, 0.15) is 38.2 Å². The summed E-state index contributed by atoms with van der Waals surface area (Å²) in [7, 11) is 0. The van der Waals surface area contributed by atoms with Crippen LogP contribution >= 0.6 is 0 Å². The van der Waals surface area contributed by atoms with Gasteiger partial charge in [-0.1, -0.05) is 0 Å². The number of aryl methyl sites for hydroxylation is 1. The van der Waals surface area contributed by atoms with Crippen LogP contribution in [0.5, 0.6) is 0 Å². The van der Waals surface area contributed by atoms with Gasteiger partial charge in [-0.15, -0.1) is 0 Å². The van der Waals surface area contributed by atoms with E-state index in [4.69, 9.17) is 5.11 Å². The van der Waals surface area contributed by atoms with E-state index in [2.05, 4.69) is 5.10 Å². The highest BCUT2D eigenvalue weighted by Crippen LogP contribution is 2.37. The predicted octanol–water partition coefficient (Wildman–Crippen LogP) is 2.05. The molecule has 2 rings (SSSR count). The molecule has 1 aliphatic carbocycles. The minimum absolute atomic E-state index is 0.139. The summed E-state index contributed by atoms with van der Waals surface area (Å²) >= 11 is 0. The van der Waals surface area contributed by atoms with Crippen molar-refractivity contribution in [2.75, 3.05) is 13.2 Å². The first-order valence-electron chi connectivity index (χ1n) is 7.74. The number of alkyl halides is 2. The monoisotopic (exact) mass is 315 g/mol. The molecule has 1 amide bonds. The highest BCUT2D eigenvalue weighted by atomic mass is 19.3. The number of nitrogens with zero attached hydrogens (tertiary/aromatic N) is 3. The topological polar surface area (TPSA) is 58.4 Å². The van der Waals surface area contributed by atoms with Crippen molar-refractivity contribution in [1.29, 1.82) is 0 Å². The molecule has 1 aliphatic rings. The number of aliphatic hydroxyl groups excluding tert-OH is 1. The second kappa shape index (κ2) is 7.17. The summed E-state index contributed by atoms with van der Waals surface area (Å²) in [6.45, 7) is 2.94. The second-order valence-corrected chi connectivity index (χ2v) is 5.84. The molecular weight excluding hydrogens is 292 g/mol. The summed E-state index contributed by atoms with van der Waals surface area (Å²) in [5.41, 5.74) is 0.839. The summed E-state index contributed by atoms with van der Waals surface area (Å²) < 4.78 is 28.8. The molecule has 5 nitrogen and oxygen atoms in total. The molecule has 1 unspecified atom stereocenters. The first-order chi connectivity index (χ1) is 10.4. The van der Waals surface area contributed by atoms with Gasteiger partial charge in [-0.05, 0) is 19.8 Å². The Kier molecular flexibility index (Phi) is 5.50. The van der Waals surface area contributed by atoms with Crippen molar-refractivity contribution in [3.8, 4) is 0 Å². The average molecular weight is 315 g/mol. The van der Waals surface area contributed by atoms with E-state index in [1.807, 2.05) is 13.1 Å². The van der Waals surface area contributed by atoms with Crippen molar-refractivity contribution in [2.45, 2.75) is 51.6 Å². The molecule has 1 atom stereocenters. The Hall–Kier alpha value is -1.50. The van der Waals surface area contributed by atoms with Crippen molar-refractivity contribution < 1.29 is 18.7 Å².